The summed E-state index contributed by atoms with van der Waals surface area (Å²) in [5.74, 6) is 0.0332. The first-order chi connectivity index (χ1) is 6.65. The topological polar surface area (TPSA) is 53.0 Å². The molecule has 0 fully saturated rings. The third kappa shape index (κ3) is 2.12. The van der Waals surface area contributed by atoms with Crippen molar-refractivity contribution in [3.63, 3.8) is 0 Å². The van der Waals surface area contributed by atoms with Gasteiger partial charge in [0.2, 0.25) is 0 Å². The van der Waals surface area contributed by atoms with Gasteiger partial charge in [-0.25, -0.2) is 4.98 Å². The molecule has 0 aliphatic rings. The molecule has 0 bridgehead atoms. The van der Waals surface area contributed by atoms with E-state index in [4.69, 9.17) is 11.6 Å². The van der Waals surface area contributed by atoms with Crippen LogP contribution in [0.5, 0.6) is 0 Å². The van der Waals surface area contributed by atoms with Gasteiger partial charge in [0.1, 0.15) is 0 Å². The second-order valence-electron chi connectivity index (χ2n) is 2.72. The number of benzene rings is 1. The monoisotopic (exact) mass is 246 g/mol. The van der Waals surface area contributed by atoms with Gasteiger partial charge in [-0.2, -0.15) is 0 Å². The van der Waals surface area contributed by atoms with Crippen molar-refractivity contribution in [2.24, 2.45) is 0 Å². The van der Waals surface area contributed by atoms with Crippen LogP contribution in [0.25, 0.3) is 10.2 Å². The van der Waals surface area contributed by atoms with Gasteiger partial charge < -0.3 is 4.55 Å². The van der Waals surface area contributed by atoms with Crippen LogP contribution in [-0.4, -0.2) is 13.7 Å². The van der Waals surface area contributed by atoms with Crippen molar-refractivity contribution in [2.45, 2.75) is 5.75 Å². The van der Waals surface area contributed by atoms with E-state index in [1.54, 1.807) is 18.2 Å². The van der Waals surface area contributed by atoms with E-state index >= 15 is 0 Å². The fraction of sp³-hybridized carbons (Fsp3) is 0.125. The number of nitrogens with zero attached hydrogens (tertiary/aromatic N) is 1. The number of rotatable bonds is 2. The Kier molecular flexibility index (Phi) is 2.83. The van der Waals surface area contributed by atoms with Crippen molar-refractivity contribution >= 4 is 44.2 Å². The number of halogens is 1. The molecule has 1 aromatic heterocycles. The largest absolute Gasteiger partial charge is 0.772 e. The van der Waals surface area contributed by atoms with Crippen molar-refractivity contribution in [3.05, 3.63) is 28.2 Å². The lowest BCUT2D eigenvalue weighted by Gasteiger charge is -2.03. The lowest BCUT2D eigenvalue weighted by atomic mass is 10.2. The maximum absolute atomic E-state index is 10.5. The second kappa shape index (κ2) is 3.94. The number of hydrogen-bond donors (Lipinski definition) is 0. The molecular formula is C8H5ClNO2S2-. The predicted octanol–water partition coefficient (Wildman–Crippen LogP) is 2.33. The zero-order valence-corrected chi connectivity index (χ0v) is 9.29. The quantitative estimate of drug-likeness (QED) is 0.765. The first-order valence-corrected chi connectivity index (χ1v) is 6.20. The van der Waals surface area contributed by atoms with Crippen molar-refractivity contribution < 1.29 is 8.76 Å². The zero-order valence-electron chi connectivity index (χ0n) is 6.90. The van der Waals surface area contributed by atoms with Crippen LogP contribution in [0.4, 0.5) is 0 Å². The fourth-order valence-corrected chi connectivity index (χ4v) is 2.71. The second-order valence-corrected chi connectivity index (χ2v) is 5.23. The normalized spacial score (nSPS) is 13.3. The Morgan fingerprint density at radius 3 is 3.07 bits per heavy atom. The highest BCUT2D eigenvalue weighted by Gasteiger charge is 2.02. The van der Waals surface area contributed by atoms with E-state index in [0.29, 0.717) is 4.47 Å². The van der Waals surface area contributed by atoms with E-state index in [1.165, 1.54) is 11.3 Å². The summed E-state index contributed by atoms with van der Waals surface area (Å²) in [4.78, 5) is 4.06. The van der Waals surface area contributed by atoms with Gasteiger partial charge in [0.25, 0.3) is 0 Å². The Bertz CT molecular complexity index is 497. The molecule has 6 heteroatoms. The lowest BCUT2D eigenvalue weighted by molar-refractivity contribution is 0.536. The Hall–Kier alpha value is -0.490. The summed E-state index contributed by atoms with van der Waals surface area (Å²) in [6.07, 6.45) is 0. The number of aromatic nitrogens is 1. The minimum atomic E-state index is -2.05. The standard InChI is InChI=1S/C8H6ClNO2S2/c9-8-10-6-2-1-5(4-14(11)12)3-7(6)13-8/h1-3H,4H2,(H,11,12)/p-1. The van der Waals surface area contributed by atoms with Crippen molar-refractivity contribution in [1.82, 2.24) is 4.98 Å². The van der Waals surface area contributed by atoms with Crippen LogP contribution in [0.2, 0.25) is 4.47 Å². The summed E-state index contributed by atoms with van der Waals surface area (Å²) in [6, 6.07) is 5.32. The molecule has 0 radical (unpaired) electrons. The number of thiazole rings is 1. The van der Waals surface area contributed by atoms with Gasteiger partial charge >= 0.3 is 0 Å². The molecule has 0 spiro atoms. The van der Waals surface area contributed by atoms with Gasteiger partial charge in [0, 0.05) is 5.75 Å². The highest BCUT2D eigenvalue weighted by molar-refractivity contribution is 7.78. The molecule has 74 valence electrons. The summed E-state index contributed by atoms with van der Waals surface area (Å²) in [7, 11) is 0. The summed E-state index contributed by atoms with van der Waals surface area (Å²) in [5, 5.41) is 0. The number of fused-ring (bicyclic) bond motifs is 1. The molecule has 3 nitrogen and oxygen atoms in total. The molecule has 0 saturated carbocycles. The molecule has 0 amide bonds. The predicted molar refractivity (Wildman–Crippen MR) is 57.3 cm³/mol. The van der Waals surface area contributed by atoms with Gasteiger partial charge in [-0.15, -0.1) is 11.3 Å². The molecular weight excluding hydrogens is 242 g/mol. The zero-order chi connectivity index (χ0) is 10.1. The van der Waals surface area contributed by atoms with E-state index in [1.807, 2.05) is 0 Å². The van der Waals surface area contributed by atoms with Crippen molar-refractivity contribution in [1.29, 1.82) is 0 Å². The fourth-order valence-electron chi connectivity index (χ4n) is 1.17. The van der Waals surface area contributed by atoms with Gasteiger partial charge in [0.05, 0.1) is 10.2 Å². The Morgan fingerprint density at radius 2 is 2.36 bits per heavy atom. The molecule has 1 unspecified atom stereocenters. The molecule has 1 atom stereocenters. The van der Waals surface area contributed by atoms with E-state index in [9.17, 15) is 8.76 Å². The SMILES string of the molecule is O=S([O-])Cc1ccc2nc(Cl)sc2c1. The molecule has 2 rings (SSSR count). The summed E-state index contributed by atoms with van der Waals surface area (Å²) in [5.41, 5.74) is 1.56. The highest BCUT2D eigenvalue weighted by atomic mass is 35.5. The van der Waals surface area contributed by atoms with Gasteiger partial charge in [0.15, 0.2) is 4.47 Å². The molecule has 0 aliphatic carbocycles. The minimum absolute atomic E-state index is 0.0332. The van der Waals surface area contributed by atoms with E-state index in [0.717, 1.165) is 15.8 Å². The van der Waals surface area contributed by atoms with Crippen LogP contribution in [0, 0.1) is 0 Å². The smallest absolute Gasteiger partial charge is 0.184 e. The minimum Gasteiger partial charge on any atom is -0.772 e. The van der Waals surface area contributed by atoms with Crippen molar-refractivity contribution in [3.8, 4) is 0 Å². The van der Waals surface area contributed by atoms with E-state index < -0.39 is 11.1 Å². The third-order valence-corrected chi connectivity index (χ3v) is 3.40. The molecule has 0 N–H and O–H groups in total. The average molecular weight is 247 g/mol. The Morgan fingerprint density at radius 1 is 1.57 bits per heavy atom. The highest BCUT2D eigenvalue weighted by Crippen LogP contribution is 2.26. The van der Waals surface area contributed by atoms with Crippen molar-refractivity contribution in [2.75, 3.05) is 0 Å². The first kappa shape index (κ1) is 10.0. The Labute approximate surface area is 92.0 Å². The van der Waals surface area contributed by atoms with E-state index in [-0.39, 0.29) is 5.75 Å². The molecule has 2 aromatic rings. The number of hydrogen-bond acceptors (Lipinski definition) is 4. The lowest BCUT2D eigenvalue weighted by Crippen LogP contribution is -1.92. The molecule has 0 saturated heterocycles. The average Bonchev–Trinajstić information content (AvgIpc) is 2.42. The van der Waals surface area contributed by atoms with Gasteiger partial charge in [-0.05, 0) is 17.7 Å². The van der Waals surface area contributed by atoms with Gasteiger partial charge in [-0.1, -0.05) is 28.7 Å². The van der Waals surface area contributed by atoms with Crippen LogP contribution in [0.1, 0.15) is 5.56 Å². The van der Waals surface area contributed by atoms with E-state index in [2.05, 4.69) is 4.98 Å². The summed E-state index contributed by atoms with van der Waals surface area (Å²) in [6.45, 7) is 0. The van der Waals surface area contributed by atoms with Crippen LogP contribution < -0.4 is 0 Å². The van der Waals surface area contributed by atoms with Crippen LogP contribution in [0.3, 0.4) is 0 Å². The Balaban J connectivity index is 2.45. The van der Waals surface area contributed by atoms with Crippen LogP contribution in [-0.2, 0) is 16.8 Å². The molecule has 1 heterocycles. The molecule has 14 heavy (non-hydrogen) atoms. The summed E-state index contributed by atoms with van der Waals surface area (Å²) < 4.78 is 22.3. The molecule has 0 aliphatic heterocycles. The van der Waals surface area contributed by atoms with Crippen LogP contribution in [0.15, 0.2) is 18.2 Å². The van der Waals surface area contributed by atoms with Crippen LogP contribution >= 0.6 is 22.9 Å². The third-order valence-electron chi connectivity index (χ3n) is 1.71. The molecule has 1 aromatic carbocycles. The van der Waals surface area contributed by atoms with Gasteiger partial charge in [-0.3, -0.25) is 4.21 Å². The summed E-state index contributed by atoms with van der Waals surface area (Å²) >= 11 is 5.02. The first-order valence-electron chi connectivity index (χ1n) is 3.76. The maximum Gasteiger partial charge on any atom is 0.184 e. The maximum atomic E-state index is 10.5.